The van der Waals surface area contributed by atoms with Gasteiger partial charge in [-0.3, -0.25) is 4.79 Å². The van der Waals surface area contributed by atoms with Gasteiger partial charge in [0, 0.05) is 30.3 Å². The van der Waals surface area contributed by atoms with Gasteiger partial charge in [0.15, 0.2) is 9.84 Å². The number of halogens is 2. The number of nitrogens with one attached hydrogen (secondary N) is 1. The third kappa shape index (κ3) is 4.30. The van der Waals surface area contributed by atoms with Gasteiger partial charge >= 0.3 is 0 Å². The number of hydrogen-bond donors (Lipinski definition) is 1. The fourth-order valence-corrected chi connectivity index (χ4v) is 2.31. The summed E-state index contributed by atoms with van der Waals surface area (Å²) in [5.74, 6) is -4.62. The van der Waals surface area contributed by atoms with Crippen molar-refractivity contribution < 1.29 is 22.0 Å². The lowest BCUT2D eigenvalue weighted by molar-refractivity contribution is 0.0933. The molecule has 1 saturated carbocycles. The van der Waals surface area contributed by atoms with E-state index in [0.717, 1.165) is 11.7 Å². The van der Waals surface area contributed by atoms with Crippen molar-refractivity contribution in [3.8, 4) is 0 Å². The van der Waals surface area contributed by atoms with Crippen molar-refractivity contribution in [1.29, 1.82) is 0 Å². The van der Waals surface area contributed by atoms with E-state index >= 15 is 0 Å². The number of carbonyl (C=O) groups is 1. The monoisotopic (exact) mass is 331 g/mol. The van der Waals surface area contributed by atoms with Gasteiger partial charge in [0.25, 0.3) is 11.8 Å². The Bertz CT molecular complexity index is 719. The molecule has 6 nitrogen and oxygen atoms in total. The van der Waals surface area contributed by atoms with E-state index in [1.807, 2.05) is 0 Å². The lowest BCUT2D eigenvalue weighted by atomic mass is 10.2. The highest BCUT2D eigenvalue weighted by molar-refractivity contribution is 7.93. The number of alkyl halides is 2. The van der Waals surface area contributed by atoms with Crippen LogP contribution in [0.2, 0.25) is 0 Å². The molecule has 1 amide bonds. The molecule has 0 aliphatic heterocycles. The molecule has 0 spiro atoms. The summed E-state index contributed by atoms with van der Waals surface area (Å²) >= 11 is 0. The summed E-state index contributed by atoms with van der Waals surface area (Å²) in [6.45, 7) is 1.57. The van der Waals surface area contributed by atoms with Crippen LogP contribution in [0.1, 0.15) is 35.6 Å². The van der Waals surface area contributed by atoms with Crippen LogP contribution < -0.4 is 5.32 Å². The molecule has 1 N–H and O–H groups in total. The molecule has 2 rings (SSSR count). The molecule has 0 unspecified atom stereocenters. The standard InChI is InChI=1S/C13H15F2N3O3S/c1-8(4-6-22(2,20)21)17-12(19)11-16-5-3-10(18-11)9-7-13(9,14)15/h3-6,8-9H,7H2,1-2H3,(H,17,19)/b6-4+/t8-,9-/m1/s1. The van der Waals surface area contributed by atoms with Crippen LogP contribution in [0.4, 0.5) is 8.78 Å². The van der Waals surface area contributed by atoms with Crippen molar-refractivity contribution >= 4 is 15.7 Å². The molecule has 22 heavy (non-hydrogen) atoms. The number of hydrogen-bond acceptors (Lipinski definition) is 5. The van der Waals surface area contributed by atoms with E-state index in [9.17, 15) is 22.0 Å². The van der Waals surface area contributed by atoms with E-state index in [0.29, 0.717) is 0 Å². The summed E-state index contributed by atoms with van der Waals surface area (Å²) in [5, 5.41) is 3.45. The Morgan fingerprint density at radius 1 is 1.55 bits per heavy atom. The predicted molar refractivity (Wildman–Crippen MR) is 75.2 cm³/mol. The highest BCUT2D eigenvalue weighted by Crippen LogP contribution is 2.54. The number of rotatable bonds is 5. The summed E-state index contributed by atoms with van der Waals surface area (Å²) in [7, 11) is -3.29. The van der Waals surface area contributed by atoms with Crippen molar-refractivity contribution in [1.82, 2.24) is 15.3 Å². The maximum atomic E-state index is 13.0. The van der Waals surface area contributed by atoms with E-state index in [-0.39, 0.29) is 17.9 Å². The quantitative estimate of drug-likeness (QED) is 0.878. The first-order valence-electron chi connectivity index (χ1n) is 6.48. The summed E-state index contributed by atoms with van der Waals surface area (Å²) in [4.78, 5) is 19.5. The molecular formula is C13H15F2N3O3S. The van der Waals surface area contributed by atoms with Crippen molar-refractivity contribution in [2.24, 2.45) is 0 Å². The van der Waals surface area contributed by atoms with E-state index in [4.69, 9.17) is 0 Å². The minimum absolute atomic E-state index is 0.129. The predicted octanol–water partition coefficient (Wildman–Crippen LogP) is 1.28. The van der Waals surface area contributed by atoms with Crippen LogP contribution in [0.3, 0.4) is 0 Å². The zero-order valence-corrected chi connectivity index (χ0v) is 12.8. The summed E-state index contributed by atoms with van der Waals surface area (Å²) in [6, 6.07) is 0.784. The molecule has 1 heterocycles. The van der Waals surface area contributed by atoms with Gasteiger partial charge < -0.3 is 5.32 Å². The van der Waals surface area contributed by atoms with Crippen molar-refractivity contribution in [3.63, 3.8) is 0 Å². The van der Waals surface area contributed by atoms with Crippen molar-refractivity contribution in [2.45, 2.75) is 31.2 Å². The Balaban J connectivity index is 2.04. The smallest absolute Gasteiger partial charge is 0.289 e. The largest absolute Gasteiger partial charge is 0.343 e. The Labute approximate surface area is 126 Å². The number of nitrogens with zero attached hydrogens (tertiary/aromatic N) is 2. The van der Waals surface area contributed by atoms with Gasteiger partial charge in [0.05, 0.1) is 11.6 Å². The maximum absolute atomic E-state index is 13.0. The Hall–Kier alpha value is -1.90. The van der Waals surface area contributed by atoms with Gasteiger partial charge in [-0.05, 0) is 13.0 Å². The normalized spacial score (nSPS) is 21.5. The Morgan fingerprint density at radius 3 is 2.73 bits per heavy atom. The average molecular weight is 331 g/mol. The van der Waals surface area contributed by atoms with Crippen molar-refractivity contribution in [2.75, 3.05) is 6.26 Å². The van der Waals surface area contributed by atoms with Crippen LogP contribution in [0.25, 0.3) is 0 Å². The Kier molecular flexibility index (Phi) is 4.28. The second-order valence-corrected chi connectivity index (χ2v) is 7.17. The third-order valence-corrected chi connectivity index (χ3v) is 3.69. The molecule has 1 aromatic rings. The second kappa shape index (κ2) is 5.71. The second-order valence-electron chi connectivity index (χ2n) is 5.24. The first-order valence-corrected chi connectivity index (χ1v) is 8.44. The van der Waals surface area contributed by atoms with Crippen LogP contribution in [-0.4, -0.2) is 42.5 Å². The van der Waals surface area contributed by atoms with Crippen LogP contribution >= 0.6 is 0 Å². The molecule has 0 aromatic carbocycles. The first kappa shape index (κ1) is 16.5. The van der Waals surface area contributed by atoms with Gasteiger partial charge in [-0.2, -0.15) is 0 Å². The van der Waals surface area contributed by atoms with E-state index in [2.05, 4.69) is 15.3 Å². The van der Waals surface area contributed by atoms with Gasteiger partial charge in [-0.25, -0.2) is 27.2 Å². The SMILES string of the molecule is C[C@H](/C=C/S(C)(=O)=O)NC(=O)c1nccc([C@H]2CC2(F)F)n1. The van der Waals surface area contributed by atoms with E-state index in [1.54, 1.807) is 6.92 Å². The lowest BCUT2D eigenvalue weighted by Crippen LogP contribution is -2.32. The molecular weight excluding hydrogens is 316 g/mol. The minimum Gasteiger partial charge on any atom is -0.343 e. The highest BCUT2D eigenvalue weighted by atomic mass is 32.2. The van der Waals surface area contributed by atoms with Crippen molar-refractivity contribution in [3.05, 3.63) is 35.3 Å². The first-order chi connectivity index (χ1) is 10.1. The molecule has 2 atom stereocenters. The fraction of sp³-hybridized carbons (Fsp3) is 0.462. The molecule has 0 bridgehead atoms. The number of aromatic nitrogens is 2. The minimum atomic E-state index is -3.29. The number of sulfone groups is 1. The zero-order chi connectivity index (χ0) is 16.5. The van der Waals surface area contributed by atoms with Gasteiger partial charge in [0.2, 0.25) is 5.82 Å². The lowest BCUT2D eigenvalue weighted by Gasteiger charge is -2.09. The zero-order valence-electron chi connectivity index (χ0n) is 12.0. The molecule has 1 aliphatic carbocycles. The third-order valence-electron chi connectivity index (χ3n) is 3.04. The molecule has 1 aliphatic rings. The summed E-state index contributed by atoms with van der Waals surface area (Å²) in [5.41, 5.74) is 0.129. The van der Waals surface area contributed by atoms with Gasteiger partial charge in [0.1, 0.15) is 0 Å². The summed E-state index contributed by atoms with van der Waals surface area (Å²) < 4.78 is 48.0. The van der Waals surface area contributed by atoms with E-state index < -0.39 is 33.6 Å². The number of amides is 1. The maximum Gasteiger partial charge on any atom is 0.289 e. The highest BCUT2D eigenvalue weighted by Gasteiger charge is 2.58. The van der Waals surface area contributed by atoms with Crippen LogP contribution in [0, 0.1) is 0 Å². The molecule has 0 saturated heterocycles. The molecule has 1 fully saturated rings. The molecule has 0 radical (unpaired) electrons. The summed E-state index contributed by atoms with van der Waals surface area (Å²) in [6.07, 6.45) is 3.30. The van der Waals surface area contributed by atoms with Crippen LogP contribution in [-0.2, 0) is 9.84 Å². The van der Waals surface area contributed by atoms with Crippen LogP contribution in [0.15, 0.2) is 23.7 Å². The Morgan fingerprint density at radius 2 is 2.18 bits per heavy atom. The number of carbonyl (C=O) groups excluding carboxylic acids is 1. The van der Waals surface area contributed by atoms with Crippen LogP contribution in [0.5, 0.6) is 0 Å². The van der Waals surface area contributed by atoms with E-state index in [1.165, 1.54) is 18.3 Å². The average Bonchev–Trinajstić information content (AvgIpc) is 3.05. The van der Waals surface area contributed by atoms with Gasteiger partial charge in [-0.15, -0.1) is 0 Å². The molecule has 120 valence electrons. The molecule has 9 heteroatoms. The molecule has 1 aromatic heterocycles. The topological polar surface area (TPSA) is 89.0 Å². The fourth-order valence-electron chi connectivity index (χ4n) is 1.79. The van der Waals surface area contributed by atoms with Gasteiger partial charge in [-0.1, -0.05) is 6.08 Å².